The lowest BCUT2D eigenvalue weighted by molar-refractivity contribution is 0.0601. The topological polar surface area (TPSA) is 122 Å². The van der Waals surface area contributed by atoms with E-state index in [2.05, 4.69) is 25.6 Å². The van der Waals surface area contributed by atoms with Crippen molar-refractivity contribution in [3.8, 4) is 0 Å². The molecule has 3 aromatic rings. The molecule has 3 N–H and O–H groups in total. The molecule has 0 bridgehead atoms. The van der Waals surface area contributed by atoms with Crippen LogP contribution in [0.1, 0.15) is 40.1 Å². The minimum absolute atomic E-state index is 0.0358. The Hall–Kier alpha value is -2.80. The van der Waals surface area contributed by atoms with E-state index in [1.807, 2.05) is 0 Å². The zero-order valence-electron chi connectivity index (χ0n) is 18.6. The van der Waals surface area contributed by atoms with Crippen LogP contribution in [0.3, 0.4) is 0 Å². The van der Waals surface area contributed by atoms with Gasteiger partial charge in [-0.05, 0) is 79.9 Å². The number of benzene rings is 1. The highest BCUT2D eigenvalue weighted by atomic mass is 35.5. The number of sulfonamides is 1. The van der Waals surface area contributed by atoms with Crippen molar-refractivity contribution < 1.29 is 17.9 Å². The van der Waals surface area contributed by atoms with Crippen molar-refractivity contribution in [2.75, 3.05) is 22.5 Å². The molecule has 0 unspecified atom stereocenters. The number of aromatic nitrogens is 2. The van der Waals surface area contributed by atoms with Crippen LogP contribution >= 0.6 is 35.2 Å². The molecule has 1 aliphatic carbocycles. The van der Waals surface area contributed by atoms with Crippen molar-refractivity contribution in [2.45, 2.75) is 37.0 Å². The van der Waals surface area contributed by atoms with E-state index < -0.39 is 10.0 Å². The third-order valence-electron chi connectivity index (χ3n) is 5.33. The van der Waals surface area contributed by atoms with Gasteiger partial charge in [-0.2, -0.15) is 0 Å². The monoisotopic (exact) mass is 551 g/mol. The van der Waals surface area contributed by atoms with Crippen LogP contribution in [-0.2, 0) is 27.6 Å². The number of thiocarbonyl (C=S) groups is 1. The van der Waals surface area contributed by atoms with E-state index in [1.54, 1.807) is 12.1 Å². The van der Waals surface area contributed by atoms with Gasteiger partial charge < -0.3 is 15.4 Å². The smallest absolute Gasteiger partial charge is 0.341 e. The van der Waals surface area contributed by atoms with Crippen LogP contribution in [0.25, 0.3) is 0 Å². The van der Waals surface area contributed by atoms with Gasteiger partial charge >= 0.3 is 5.97 Å². The molecule has 184 valence electrons. The van der Waals surface area contributed by atoms with E-state index in [9.17, 15) is 13.2 Å². The molecular weight excluding hydrogens is 530 g/mol. The lowest BCUT2D eigenvalue weighted by Crippen LogP contribution is -2.20. The van der Waals surface area contributed by atoms with Gasteiger partial charge in [0, 0.05) is 10.6 Å². The molecule has 2 heterocycles. The Kier molecular flexibility index (Phi) is 7.85. The second-order valence-corrected chi connectivity index (χ2v) is 11.3. The van der Waals surface area contributed by atoms with Crippen molar-refractivity contribution >= 4 is 72.8 Å². The second kappa shape index (κ2) is 10.9. The fourth-order valence-electron chi connectivity index (χ4n) is 3.70. The summed E-state index contributed by atoms with van der Waals surface area (Å²) >= 11 is 12.6. The van der Waals surface area contributed by atoms with Crippen molar-refractivity contribution in [3.63, 3.8) is 0 Å². The number of nitrogens with one attached hydrogen (secondary N) is 3. The number of ether oxygens (including phenoxy) is 1. The molecule has 0 saturated heterocycles. The van der Waals surface area contributed by atoms with Crippen molar-refractivity contribution in [3.05, 3.63) is 57.6 Å². The Balaban J connectivity index is 1.45. The summed E-state index contributed by atoms with van der Waals surface area (Å²) in [7, 11) is -2.50. The Labute approximate surface area is 217 Å². The molecule has 0 amide bonds. The lowest BCUT2D eigenvalue weighted by atomic mass is 10.1. The quantitative estimate of drug-likeness (QED) is 0.224. The summed E-state index contributed by atoms with van der Waals surface area (Å²) in [5.74, 6) is -0.333. The highest BCUT2D eigenvalue weighted by molar-refractivity contribution is 7.92. The first-order valence-corrected chi connectivity index (χ1v) is 13.8. The van der Waals surface area contributed by atoms with Crippen LogP contribution in [0.4, 0.5) is 16.5 Å². The van der Waals surface area contributed by atoms with Gasteiger partial charge in [0.1, 0.15) is 5.00 Å². The summed E-state index contributed by atoms with van der Waals surface area (Å²) in [6.07, 6.45) is 5.02. The van der Waals surface area contributed by atoms with Gasteiger partial charge in [-0.15, -0.1) is 21.5 Å². The summed E-state index contributed by atoms with van der Waals surface area (Å²) in [6.45, 7) is 0. The Morgan fingerprint density at radius 1 is 1.06 bits per heavy atom. The zero-order chi connectivity index (χ0) is 25.0. The first kappa shape index (κ1) is 25.3. The van der Waals surface area contributed by atoms with Crippen LogP contribution in [-0.4, -0.2) is 36.8 Å². The number of methoxy groups -OCH3 is 1. The van der Waals surface area contributed by atoms with E-state index in [-0.39, 0.29) is 26.9 Å². The predicted molar refractivity (Wildman–Crippen MR) is 141 cm³/mol. The average Bonchev–Trinajstić information content (AvgIpc) is 3.00. The van der Waals surface area contributed by atoms with E-state index in [4.69, 9.17) is 28.6 Å². The summed E-state index contributed by atoms with van der Waals surface area (Å²) in [6, 6.07) is 8.89. The number of halogens is 1. The summed E-state index contributed by atoms with van der Waals surface area (Å²) in [5.41, 5.74) is 2.15. The highest BCUT2D eigenvalue weighted by Gasteiger charge is 2.26. The van der Waals surface area contributed by atoms with Crippen LogP contribution < -0.4 is 15.4 Å². The van der Waals surface area contributed by atoms with E-state index >= 15 is 0 Å². The standard InChI is InChI=1S/C22H22ClN5O4S3/c1-32-21(29)19-15-5-3-2-4-6-16(15)34-20(19)25-22(33)24-13-7-9-14(10-8-13)35(30,31)28-18-12-11-17(23)26-27-18/h7-12H,2-6H2,1H3,(H,27,28)(H2,24,25,33). The van der Waals surface area contributed by atoms with Crippen molar-refractivity contribution in [2.24, 2.45) is 0 Å². The number of esters is 1. The van der Waals surface area contributed by atoms with Crippen LogP contribution in [0.2, 0.25) is 5.15 Å². The molecule has 1 aliphatic rings. The van der Waals surface area contributed by atoms with E-state index in [0.29, 0.717) is 16.3 Å². The maximum atomic E-state index is 12.6. The summed E-state index contributed by atoms with van der Waals surface area (Å²) in [5, 5.41) is 14.5. The summed E-state index contributed by atoms with van der Waals surface area (Å²) < 4.78 is 32.6. The lowest BCUT2D eigenvalue weighted by Gasteiger charge is -2.12. The van der Waals surface area contributed by atoms with Gasteiger partial charge in [-0.3, -0.25) is 4.72 Å². The maximum absolute atomic E-state index is 12.6. The number of hydrogen-bond donors (Lipinski definition) is 3. The SMILES string of the molecule is COC(=O)c1c(NC(=S)Nc2ccc(S(=O)(=O)Nc3ccc(Cl)nn3)cc2)sc2c1CCCCC2. The molecule has 0 spiro atoms. The number of thiophene rings is 1. The third-order valence-corrected chi connectivity index (χ3v) is 8.31. The van der Waals surface area contributed by atoms with Gasteiger partial charge in [0.15, 0.2) is 16.1 Å². The van der Waals surface area contributed by atoms with Crippen molar-refractivity contribution in [1.29, 1.82) is 0 Å². The Morgan fingerprint density at radius 3 is 2.49 bits per heavy atom. The molecule has 1 aromatic carbocycles. The van der Waals surface area contributed by atoms with Gasteiger partial charge in [-0.1, -0.05) is 18.0 Å². The van der Waals surface area contributed by atoms with Gasteiger partial charge in [0.2, 0.25) is 0 Å². The molecule has 4 rings (SSSR count). The molecule has 35 heavy (non-hydrogen) atoms. The zero-order valence-corrected chi connectivity index (χ0v) is 21.8. The number of anilines is 3. The number of fused-ring (bicyclic) bond motifs is 1. The maximum Gasteiger partial charge on any atom is 0.341 e. The molecule has 0 fully saturated rings. The second-order valence-electron chi connectivity index (χ2n) is 7.71. The molecule has 0 aliphatic heterocycles. The largest absolute Gasteiger partial charge is 0.465 e. The number of carbonyl (C=O) groups is 1. The van der Waals surface area contributed by atoms with E-state index in [1.165, 1.54) is 47.6 Å². The molecule has 0 saturated carbocycles. The minimum atomic E-state index is -3.86. The molecule has 2 aromatic heterocycles. The fourth-order valence-corrected chi connectivity index (χ4v) is 6.36. The van der Waals surface area contributed by atoms with Crippen molar-refractivity contribution in [1.82, 2.24) is 10.2 Å². The van der Waals surface area contributed by atoms with Gasteiger partial charge in [0.25, 0.3) is 10.0 Å². The molecule has 0 radical (unpaired) electrons. The average molecular weight is 552 g/mol. The molecule has 13 heteroatoms. The van der Waals surface area contributed by atoms with Crippen LogP contribution in [0.15, 0.2) is 41.3 Å². The highest BCUT2D eigenvalue weighted by Crippen LogP contribution is 2.38. The molecule has 9 nitrogen and oxygen atoms in total. The van der Waals surface area contributed by atoms with Crippen LogP contribution in [0.5, 0.6) is 0 Å². The Bertz CT molecular complexity index is 1340. The van der Waals surface area contributed by atoms with Gasteiger partial charge in [-0.25, -0.2) is 13.2 Å². The third kappa shape index (κ3) is 6.07. The molecular formula is C22H22ClN5O4S3. The predicted octanol–water partition coefficient (Wildman–Crippen LogP) is 4.86. The number of hydrogen-bond acceptors (Lipinski definition) is 8. The number of rotatable bonds is 6. The fraction of sp³-hybridized carbons (Fsp3) is 0.273. The Morgan fingerprint density at radius 2 is 1.80 bits per heavy atom. The minimum Gasteiger partial charge on any atom is -0.465 e. The summed E-state index contributed by atoms with van der Waals surface area (Å²) in [4.78, 5) is 13.7. The first-order valence-electron chi connectivity index (χ1n) is 10.7. The molecule has 0 atom stereocenters. The number of carbonyl (C=O) groups excluding carboxylic acids is 1. The normalized spacial score (nSPS) is 13.3. The van der Waals surface area contributed by atoms with Crippen LogP contribution in [0, 0.1) is 0 Å². The van der Waals surface area contributed by atoms with Gasteiger partial charge in [0.05, 0.1) is 17.6 Å². The number of aryl methyl sites for hydroxylation is 1. The first-order chi connectivity index (χ1) is 16.8. The van der Waals surface area contributed by atoms with E-state index in [0.717, 1.165) is 37.7 Å². The number of nitrogens with zero attached hydrogens (tertiary/aromatic N) is 2.